The third kappa shape index (κ3) is 5.92. The number of urea groups is 1. The van der Waals surface area contributed by atoms with Crippen LogP contribution in [0, 0.1) is 12.8 Å². The predicted molar refractivity (Wildman–Crippen MR) is 132 cm³/mol. The fourth-order valence-corrected chi connectivity index (χ4v) is 4.14. The average Bonchev–Trinajstić information content (AvgIpc) is 3.38. The molecule has 4 rings (SSSR count). The highest BCUT2D eigenvalue weighted by Crippen LogP contribution is 2.34. The van der Waals surface area contributed by atoms with Gasteiger partial charge in [-0.15, -0.1) is 0 Å². The summed E-state index contributed by atoms with van der Waals surface area (Å²) in [6.45, 7) is 3.64. The minimum atomic E-state index is -0.259. The van der Waals surface area contributed by atoms with Gasteiger partial charge in [-0.3, -0.25) is 4.79 Å². The Hall–Kier alpha value is -4.01. The Morgan fingerprint density at radius 3 is 2.66 bits per heavy atom. The van der Waals surface area contributed by atoms with E-state index in [1.165, 1.54) is 0 Å². The minimum Gasteiger partial charge on any atom is -0.497 e. The summed E-state index contributed by atoms with van der Waals surface area (Å²) >= 11 is 0. The van der Waals surface area contributed by atoms with Gasteiger partial charge in [0.25, 0.3) is 5.91 Å². The number of amides is 3. The second-order valence-electron chi connectivity index (χ2n) is 8.60. The number of nitrogens with zero attached hydrogens (tertiary/aromatic N) is 2. The van der Waals surface area contributed by atoms with E-state index in [0.717, 1.165) is 24.1 Å². The molecule has 0 aliphatic carbocycles. The van der Waals surface area contributed by atoms with Gasteiger partial charge in [-0.25, -0.2) is 4.79 Å². The number of ether oxygens (including phenoxy) is 2. The van der Waals surface area contributed by atoms with Crippen LogP contribution in [0.3, 0.4) is 0 Å². The van der Waals surface area contributed by atoms with Gasteiger partial charge in [0, 0.05) is 31.4 Å². The third-order valence-electron chi connectivity index (χ3n) is 6.07. The zero-order valence-corrected chi connectivity index (χ0v) is 20.2. The standard InChI is InChI=1S/C26H30N4O5/c1-17-6-8-19(9-7-17)28-26(32)27-15-18-5-4-12-30(16-18)25(31)22-14-24(35-29-22)21-13-20(33-2)10-11-23(21)34-3/h6-11,13-14,18H,4-5,12,15-16H2,1-3H3,(H2,27,28,32). The Morgan fingerprint density at radius 2 is 1.91 bits per heavy atom. The van der Waals surface area contributed by atoms with Gasteiger partial charge >= 0.3 is 6.03 Å². The van der Waals surface area contributed by atoms with E-state index in [1.54, 1.807) is 43.4 Å². The molecule has 3 amide bonds. The van der Waals surface area contributed by atoms with Crippen molar-refractivity contribution in [2.24, 2.45) is 5.92 Å². The van der Waals surface area contributed by atoms with Crippen LogP contribution in [0.15, 0.2) is 53.1 Å². The molecule has 0 bridgehead atoms. The first-order valence-electron chi connectivity index (χ1n) is 11.6. The number of likely N-dealkylation sites (tertiary alicyclic amines) is 1. The summed E-state index contributed by atoms with van der Waals surface area (Å²) in [6.07, 6.45) is 1.78. The van der Waals surface area contributed by atoms with Gasteiger partial charge in [0.15, 0.2) is 11.5 Å². The van der Waals surface area contributed by atoms with E-state index in [9.17, 15) is 9.59 Å². The molecule has 2 aromatic carbocycles. The number of carbonyl (C=O) groups is 2. The number of aryl methyl sites for hydroxylation is 1. The van der Waals surface area contributed by atoms with Gasteiger partial charge in [-0.05, 0) is 56.0 Å². The molecule has 9 nitrogen and oxygen atoms in total. The van der Waals surface area contributed by atoms with Gasteiger partial charge in [-0.2, -0.15) is 0 Å². The van der Waals surface area contributed by atoms with Crippen LogP contribution in [0.25, 0.3) is 11.3 Å². The fraction of sp³-hybridized carbons (Fsp3) is 0.346. The lowest BCUT2D eigenvalue weighted by Crippen LogP contribution is -2.44. The molecule has 184 valence electrons. The summed E-state index contributed by atoms with van der Waals surface area (Å²) in [6, 6.07) is 14.3. The van der Waals surface area contributed by atoms with Crippen LogP contribution in [-0.4, -0.2) is 55.8 Å². The van der Waals surface area contributed by atoms with Crippen molar-refractivity contribution in [1.29, 1.82) is 0 Å². The Morgan fingerprint density at radius 1 is 1.11 bits per heavy atom. The van der Waals surface area contributed by atoms with Crippen molar-refractivity contribution in [1.82, 2.24) is 15.4 Å². The van der Waals surface area contributed by atoms with Crippen LogP contribution in [0.1, 0.15) is 28.9 Å². The highest BCUT2D eigenvalue weighted by molar-refractivity contribution is 5.93. The molecule has 1 saturated heterocycles. The van der Waals surface area contributed by atoms with Crippen molar-refractivity contribution in [3.63, 3.8) is 0 Å². The molecule has 1 aliphatic rings. The number of piperidine rings is 1. The highest BCUT2D eigenvalue weighted by atomic mass is 16.5. The third-order valence-corrected chi connectivity index (χ3v) is 6.07. The first-order valence-corrected chi connectivity index (χ1v) is 11.6. The zero-order chi connectivity index (χ0) is 24.8. The number of benzene rings is 2. The van der Waals surface area contributed by atoms with E-state index in [0.29, 0.717) is 42.5 Å². The van der Waals surface area contributed by atoms with Crippen molar-refractivity contribution in [3.8, 4) is 22.8 Å². The van der Waals surface area contributed by atoms with E-state index < -0.39 is 0 Å². The topological polar surface area (TPSA) is 106 Å². The molecule has 2 heterocycles. The van der Waals surface area contributed by atoms with Crippen molar-refractivity contribution in [3.05, 3.63) is 59.8 Å². The van der Waals surface area contributed by atoms with Crippen molar-refractivity contribution < 1.29 is 23.6 Å². The van der Waals surface area contributed by atoms with Crippen LogP contribution < -0.4 is 20.1 Å². The molecule has 2 N–H and O–H groups in total. The molecule has 0 saturated carbocycles. The molecule has 3 aromatic rings. The molecule has 1 fully saturated rings. The minimum absolute atomic E-state index is 0.154. The number of hydrogen-bond donors (Lipinski definition) is 2. The van der Waals surface area contributed by atoms with Crippen molar-refractivity contribution in [2.75, 3.05) is 39.2 Å². The van der Waals surface area contributed by atoms with E-state index in [-0.39, 0.29) is 23.6 Å². The first kappa shape index (κ1) is 24.1. The predicted octanol–water partition coefficient (Wildman–Crippen LogP) is 4.34. The lowest BCUT2D eigenvalue weighted by Gasteiger charge is -2.32. The number of aromatic nitrogens is 1. The van der Waals surface area contributed by atoms with Gasteiger partial charge in [-0.1, -0.05) is 22.9 Å². The highest BCUT2D eigenvalue weighted by Gasteiger charge is 2.27. The number of nitrogens with one attached hydrogen (secondary N) is 2. The number of carbonyl (C=O) groups excluding carboxylic acids is 2. The molecule has 9 heteroatoms. The van der Waals surface area contributed by atoms with Crippen molar-refractivity contribution in [2.45, 2.75) is 19.8 Å². The van der Waals surface area contributed by atoms with Gasteiger partial charge in [0.1, 0.15) is 11.5 Å². The maximum absolute atomic E-state index is 13.1. The molecular weight excluding hydrogens is 448 g/mol. The Labute approximate surface area is 204 Å². The monoisotopic (exact) mass is 478 g/mol. The summed E-state index contributed by atoms with van der Waals surface area (Å²) in [4.78, 5) is 27.2. The average molecular weight is 479 g/mol. The summed E-state index contributed by atoms with van der Waals surface area (Å²) < 4.78 is 16.2. The maximum atomic E-state index is 13.1. The first-order chi connectivity index (χ1) is 17.0. The van der Waals surface area contributed by atoms with Gasteiger partial charge in [0.05, 0.1) is 19.8 Å². The number of hydrogen-bond acceptors (Lipinski definition) is 6. The lowest BCUT2D eigenvalue weighted by molar-refractivity contribution is 0.0664. The number of rotatable bonds is 7. The van der Waals surface area contributed by atoms with E-state index in [1.807, 2.05) is 31.2 Å². The fourth-order valence-electron chi connectivity index (χ4n) is 4.14. The second-order valence-corrected chi connectivity index (χ2v) is 8.60. The number of methoxy groups -OCH3 is 2. The summed E-state index contributed by atoms with van der Waals surface area (Å²) in [5.74, 6) is 1.61. The maximum Gasteiger partial charge on any atom is 0.319 e. The van der Waals surface area contributed by atoms with Gasteiger partial charge in [0.2, 0.25) is 0 Å². The van der Waals surface area contributed by atoms with Crippen LogP contribution >= 0.6 is 0 Å². The molecule has 1 aromatic heterocycles. The molecule has 0 radical (unpaired) electrons. The molecule has 0 spiro atoms. The van der Waals surface area contributed by atoms with Crippen molar-refractivity contribution >= 4 is 17.6 Å². The van der Waals surface area contributed by atoms with E-state index >= 15 is 0 Å². The Bertz CT molecular complexity index is 1170. The second kappa shape index (κ2) is 10.9. The van der Waals surface area contributed by atoms with Crippen LogP contribution in [0.4, 0.5) is 10.5 Å². The molecule has 35 heavy (non-hydrogen) atoms. The van der Waals surface area contributed by atoms with Crippen LogP contribution in [0.2, 0.25) is 0 Å². The zero-order valence-electron chi connectivity index (χ0n) is 20.2. The molecule has 1 aliphatic heterocycles. The molecule has 1 unspecified atom stereocenters. The van der Waals surface area contributed by atoms with Gasteiger partial charge < -0.3 is 29.5 Å². The Kier molecular flexibility index (Phi) is 7.54. The summed E-state index contributed by atoms with van der Waals surface area (Å²) in [7, 11) is 3.14. The lowest BCUT2D eigenvalue weighted by atomic mass is 9.97. The number of anilines is 1. The molecular formula is C26H30N4O5. The normalized spacial score (nSPS) is 15.4. The largest absolute Gasteiger partial charge is 0.497 e. The van der Waals surface area contributed by atoms with Crippen LogP contribution in [0.5, 0.6) is 11.5 Å². The molecule has 1 atom stereocenters. The van der Waals surface area contributed by atoms with Crippen LogP contribution in [-0.2, 0) is 0 Å². The summed E-state index contributed by atoms with van der Waals surface area (Å²) in [5.41, 5.74) is 2.75. The van der Waals surface area contributed by atoms with E-state index in [4.69, 9.17) is 14.0 Å². The quantitative estimate of drug-likeness (QED) is 0.523. The SMILES string of the molecule is COc1ccc(OC)c(-c2cc(C(=O)N3CCCC(CNC(=O)Nc4ccc(C)cc4)C3)no2)c1. The Balaban J connectivity index is 1.35. The smallest absolute Gasteiger partial charge is 0.319 e. The summed E-state index contributed by atoms with van der Waals surface area (Å²) in [5, 5.41) is 9.76. The van der Waals surface area contributed by atoms with E-state index in [2.05, 4.69) is 15.8 Å².